The lowest BCUT2D eigenvalue weighted by Crippen LogP contribution is -2.23. The predicted octanol–water partition coefficient (Wildman–Crippen LogP) is 2.07. The van der Waals surface area contributed by atoms with Crippen LogP contribution in [0.2, 0.25) is 0 Å². The van der Waals surface area contributed by atoms with E-state index in [1.54, 1.807) is 0 Å². The van der Waals surface area contributed by atoms with Crippen LogP contribution >= 0.6 is 0 Å². The highest BCUT2D eigenvalue weighted by Gasteiger charge is 2.51. The maximum atomic E-state index is 11.2. The van der Waals surface area contributed by atoms with E-state index in [1.165, 1.54) is 0 Å². The number of aliphatic hydroxyl groups excluding tert-OH is 1. The second-order valence-corrected chi connectivity index (χ2v) is 5.51. The second kappa shape index (κ2) is 3.84. The smallest absolute Gasteiger partial charge is 0.314 e. The number of carboxylic acid groups (broad SMARTS) is 1. The van der Waals surface area contributed by atoms with Gasteiger partial charge in [0.2, 0.25) is 0 Å². The van der Waals surface area contributed by atoms with E-state index in [2.05, 4.69) is 0 Å². The average molecular weight is 234 g/mol. The fourth-order valence-electron chi connectivity index (χ4n) is 2.08. The van der Waals surface area contributed by atoms with Crippen LogP contribution in [0.1, 0.15) is 37.8 Å². The summed E-state index contributed by atoms with van der Waals surface area (Å²) in [5, 5.41) is 18.5. The Kier molecular flexibility index (Phi) is 2.74. The van der Waals surface area contributed by atoms with Gasteiger partial charge in [0.1, 0.15) is 0 Å². The van der Waals surface area contributed by atoms with Crippen molar-refractivity contribution in [2.75, 3.05) is 6.61 Å². The Morgan fingerprint density at radius 3 is 2.18 bits per heavy atom. The molecule has 0 atom stereocenters. The third-order valence-corrected chi connectivity index (χ3v) is 3.77. The molecule has 3 nitrogen and oxygen atoms in total. The van der Waals surface area contributed by atoms with Crippen LogP contribution in [0.4, 0.5) is 0 Å². The zero-order valence-corrected chi connectivity index (χ0v) is 10.2. The van der Waals surface area contributed by atoms with Crippen molar-refractivity contribution in [2.24, 2.45) is 0 Å². The van der Waals surface area contributed by atoms with Crippen LogP contribution in [-0.2, 0) is 15.6 Å². The summed E-state index contributed by atoms with van der Waals surface area (Å²) in [7, 11) is 0. The molecule has 1 saturated carbocycles. The van der Waals surface area contributed by atoms with Crippen molar-refractivity contribution in [1.82, 2.24) is 0 Å². The zero-order valence-electron chi connectivity index (χ0n) is 10.2. The van der Waals surface area contributed by atoms with Gasteiger partial charge < -0.3 is 10.2 Å². The van der Waals surface area contributed by atoms with Crippen LogP contribution in [0.3, 0.4) is 0 Å². The van der Waals surface area contributed by atoms with Gasteiger partial charge in [-0.05, 0) is 24.0 Å². The minimum Gasteiger partial charge on any atom is -0.481 e. The molecule has 1 aliphatic carbocycles. The first-order chi connectivity index (χ1) is 7.92. The molecule has 2 N–H and O–H groups in total. The SMILES string of the molecule is CC(C)(CO)c1ccc(C2(C(=O)O)CC2)cc1. The number of carbonyl (C=O) groups is 1. The Hall–Kier alpha value is -1.35. The molecule has 92 valence electrons. The molecule has 0 aliphatic heterocycles. The van der Waals surface area contributed by atoms with Gasteiger partial charge in [-0.15, -0.1) is 0 Å². The quantitative estimate of drug-likeness (QED) is 0.838. The van der Waals surface area contributed by atoms with Crippen LogP contribution in [0, 0.1) is 0 Å². The van der Waals surface area contributed by atoms with E-state index >= 15 is 0 Å². The van der Waals surface area contributed by atoms with E-state index in [0.29, 0.717) is 0 Å². The average Bonchev–Trinajstić information content (AvgIpc) is 3.10. The third-order valence-electron chi connectivity index (χ3n) is 3.77. The zero-order chi connectivity index (χ0) is 12.7. The number of carboxylic acids is 1. The molecule has 0 amide bonds. The normalized spacial score (nSPS) is 17.8. The molecule has 0 heterocycles. The molecule has 3 heteroatoms. The number of hydrogen-bond donors (Lipinski definition) is 2. The van der Waals surface area contributed by atoms with Gasteiger partial charge in [0.15, 0.2) is 0 Å². The summed E-state index contributed by atoms with van der Waals surface area (Å²) < 4.78 is 0. The Balaban J connectivity index is 2.28. The van der Waals surface area contributed by atoms with E-state index in [4.69, 9.17) is 0 Å². The molecule has 0 unspecified atom stereocenters. The minimum atomic E-state index is -0.730. The maximum absolute atomic E-state index is 11.2. The summed E-state index contributed by atoms with van der Waals surface area (Å²) in [6, 6.07) is 7.62. The van der Waals surface area contributed by atoms with Gasteiger partial charge in [0, 0.05) is 5.41 Å². The molecule has 0 aromatic heterocycles. The fourth-order valence-corrected chi connectivity index (χ4v) is 2.08. The van der Waals surface area contributed by atoms with E-state index in [9.17, 15) is 15.0 Å². The van der Waals surface area contributed by atoms with Gasteiger partial charge in [0.25, 0.3) is 0 Å². The number of aliphatic hydroxyl groups is 1. The molecule has 17 heavy (non-hydrogen) atoms. The first kappa shape index (κ1) is 12.1. The van der Waals surface area contributed by atoms with E-state index in [-0.39, 0.29) is 12.0 Å². The molecule has 0 bridgehead atoms. The largest absolute Gasteiger partial charge is 0.481 e. The van der Waals surface area contributed by atoms with Gasteiger partial charge in [-0.3, -0.25) is 4.79 Å². The summed E-state index contributed by atoms with van der Waals surface area (Å²) in [5.74, 6) is -0.730. The fraction of sp³-hybridized carbons (Fsp3) is 0.500. The van der Waals surface area contributed by atoms with E-state index in [0.717, 1.165) is 24.0 Å². The summed E-state index contributed by atoms with van der Waals surface area (Å²) in [4.78, 5) is 11.2. The van der Waals surface area contributed by atoms with Crippen LogP contribution in [0.5, 0.6) is 0 Å². The Labute approximate surface area is 101 Å². The Bertz CT molecular complexity index is 427. The molecular formula is C14H18O3. The molecule has 0 radical (unpaired) electrons. The van der Waals surface area contributed by atoms with Crippen molar-refractivity contribution in [3.63, 3.8) is 0 Å². The summed E-state index contributed by atoms with van der Waals surface area (Å²) in [6.07, 6.45) is 1.45. The predicted molar refractivity (Wildman–Crippen MR) is 65.1 cm³/mol. The van der Waals surface area contributed by atoms with Gasteiger partial charge >= 0.3 is 5.97 Å². The Morgan fingerprint density at radius 1 is 1.29 bits per heavy atom. The Morgan fingerprint density at radius 2 is 1.82 bits per heavy atom. The summed E-state index contributed by atoms with van der Waals surface area (Å²) in [5.41, 5.74) is 0.993. The van der Waals surface area contributed by atoms with Crippen molar-refractivity contribution in [3.05, 3.63) is 35.4 Å². The van der Waals surface area contributed by atoms with Gasteiger partial charge in [0.05, 0.1) is 12.0 Å². The molecule has 1 fully saturated rings. The lowest BCUT2D eigenvalue weighted by Gasteiger charge is -2.23. The van der Waals surface area contributed by atoms with E-state index < -0.39 is 11.4 Å². The van der Waals surface area contributed by atoms with Crippen LogP contribution in [-0.4, -0.2) is 22.8 Å². The highest BCUT2D eigenvalue weighted by molar-refractivity contribution is 5.84. The van der Waals surface area contributed by atoms with Crippen molar-refractivity contribution in [2.45, 2.75) is 37.5 Å². The number of rotatable bonds is 4. The second-order valence-electron chi connectivity index (χ2n) is 5.51. The van der Waals surface area contributed by atoms with Crippen molar-refractivity contribution >= 4 is 5.97 Å². The van der Waals surface area contributed by atoms with Gasteiger partial charge in [-0.25, -0.2) is 0 Å². The van der Waals surface area contributed by atoms with Crippen molar-refractivity contribution < 1.29 is 15.0 Å². The topological polar surface area (TPSA) is 57.5 Å². The highest BCUT2D eigenvalue weighted by atomic mass is 16.4. The number of aliphatic carboxylic acids is 1. The molecule has 1 aromatic carbocycles. The first-order valence-corrected chi connectivity index (χ1v) is 5.88. The molecule has 0 spiro atoms. The van der Waals surface area contributed by atoms with Crippen molar-refractivity contribution in [1.29, 1.82) is 0 Å². The summed E-state index contributed by atoms with van der Waals surface area (Å²) in [6.45, 7) is 4.01. The summed E-state index contributed by atoms with van der Waals surface area (Å²) >= 11 is 0. The molecule has 1 aliphatic rings. The van der Waals surface area contributed by atoms with Crippen LogP contribution in [0.15, 0.2) is 24.3 Å². The van der Waals surface area contributed by atoms with Gasteiger partial charge in [-0.1, -0.05) is 38.1 Å². The minimum absolute atomic E-state index is 0.0798. The van der Waals surface area contributed by atoms with Crippen LogP contribution in [0.25, 0.3) is 0 Å². The number of hydrogen-bond acceptors (Lipinski definition) is 2. The molecular weight excluding hydrogens is 216 g/mol. The third kappa shape index (κ3) is 1.95. The molecule has 2 rings (SSSR count). The lowest BCUT2D eigenvalue weighted by molar-refractivity contribution is -0.140. The van der Waals surface area contributed by atoms with Gasteiger partial charge in [-0.2, -0.15) is 0 Å². The first-order valence-electron chi connectivity index (χ1n) is 5.88. The van der Waals surface area contributed by atoms with Crippen LogP contribution < -0.4 is 0 Å². The lowest BCUT2D eigenvalue weighted by atomic mass is 9.84. The standard InChI is InChI=1S/C14H18O3/c1-13(2,9-15)10-3-5-11(6-4-10)14(7-8-14)12(16)17/h3-6,15H,7-9H2,1-2H3,(H,16,17). The molecule has 1 aromatic rings. The number of benzene rings is 1. The maximum Gasteiger partial charge on any atom is 0.314 e. The monoisotopic (exact) mass is 234 g/mol. The highest BCUT2D eigenvalue weighted by Crippen LogP contribution is 2.48. The van der Waals surface area contributed by atoms with E-state index in [1.807, 2.05) is 38.1 Å². The van der Waals surface area contributed by atoms with Crippen molar-refractivity contribution in [3.8, 4) is 0 Å². The molecule has 0 saturated heterocycles.